The van der Waals surface area contributed by atoms with Gasteiger partial charge in [-0.15, -0.1) is 0 Å². The number of nitrogens with one attached hydrogen (secondary N) is 1. The summed E-state index contributed by atoms with van der Waals surface area (Å²) in [6.45, 7) is 2.73. The number of rotatable bonds is 9. The highest BCUT2D eigenvalue weighted by molar-refractivity contribution is 6.30. The summed E-state index contributed by atoms with van der Waals surface area (Å²) in [6.07, 6.45) is 2.85. The van der Waals surface area contributed by atoms with E-state index in [1.54, 1.807) is 24.3 Å². The molecule has 1 aromatic carbocycles. The average Bonchev–Trinajstić information content (AvgIpc) is 2.42. The Balaban J connectivity index is 2.68. The molecule has 0 fully saturated rings. The quantitative estimate of drug-likeness (QED) is 0.543. The van der Waals surface area contributed by atoms with Gasteiger partial charge in [-0.1, -0.05) is 31.4 Å². The van der Waals surface area contributed by atoms with E-state index in [2.05, 4.69) is 12.2 Å². The van der Waals surface area contributed by atoms with E-state index < -0.39 is 12.0 Å². The van der Waals surface area contributed by atoms with Crippen LogP contribution in [0.15, 0.2) is 24.3 Å². The van der Waals surface area contributed by atoms with Gasteiger partial charge in [0, 0.05) is 10.6 Å². The first-order valence-electron chi connectivity index (χ1n) is 6.79. The van der Waals surface area contributed by atoms with Crippen LogP contribution < -0.4 is 5.32 Å². The Morgan fingerprint density at radius 1 is 1.25 bits per heavy atom. The fourth-order valence-electron chi connectivity index (χ4n) is 1.90. The van der Waals surface area contributed by atoms with Crippen LogP contribution >= 0.6 is 11.6 Å². The Bertz CT molecular complexity index is 445. The number of hydrogen-bond donors (Lipinski definition) is 2. The van der Waals surface area contributed by atoms with Gasteiger partial charge in [0.1, 0.15) is 0 Å². The first-order chi connectivity index (χ1) is 9.54. The average molecular weight is 298 g/mol. The van der Waals surface area contributed by atoms with Gasteiger partial charge in [-0.2, -0.15) is 0 Å². The molecule has 0 heterocycles. The number of carboxylic acids is 1. The molecule has 2 N–H and O–H groups in total. The molecule has 1 rings (SSSR count). The lowest BCUT2D eigenvalue weighted by atomic mass is 10.0. The summed E-state index contributed by atoms with van der Waals surface area (Å²) in [6, 6.07) is 5.80. The Hall–Kier alpha value is -1.39. The van der Waals surface area contributed by atoms with E-state index in [-0.39, 0.29) is 12.2 Å². The van der Waals surface area contributed by atoms with Crippen molar-refractivity contribution >= 4 is 23.4 Å². The maximum Gasteiger partial charge on any atom is 0.305 e. The molecule has 1 aromatic rings. The van der Waals surface area contributed by atoms with E-state index in [0.717, 1.165) is 19.3 Å². The summed E-state index contributed by atoms with van der Waals surface area (Å²) < 4.78 is 0. The highest BCUT2D eigenvalue weighted by Gasteiger charge is 2.22. The molecule has 1 unspecified atom stereocenters. The number of carbonyl (C=O) groups is 2. The fourth-order valence-corrected chi connectivity index (χ4v) is 2.02. The van der Waals surface area contributed by atoms with Crippen molar-refractivity contribution < 1.29 is 14.7 Å². The third-order valence-corrected chi connectivity index (χ3v) is 3.25. The lowest BCUT2D eigenvalue weighted by Gasteiger charge is -2.16. The van der Waals surface area contributed by atoms with Crippen molar-refractivity contribution in [3.8, 4) is 0 Å². The van der Waals surface area contributed by atoms with Gasteiger partial charge in [0.2, 0.25) is 0 Å². The van der Waals surface area contributed by atoms with Gasteiger partial charge in [0.15, 0.2) is 5.78 Å². The molecule has 5 heteroatoms. The number of carbonyl (C=O) groups excluding carboxylic acids is 1. The minimum absolute atomic E-state index is 0.208. The number of halogens is 1. The minimum Gasteiger partial charge on any atom is -0.481 e. The van der Waals surface area contributed by atoms with Crippen LogP contribution in [-0.2, 0) is 4.79 Å². The van der Waals surface area contributed by atoms with Gasteiger partial charge in [0.05, 0.1) is 12.5 Å². The third kappa shape index (κ3) is 5.72. The Morgan fingerprint density at radius 3 is 2.45 bits per heavy atom. The van der Waals surface area contributed by atoms with Crippen LogP contribution in [0.3, 0.4) is 0 Å². The van der Waals surface area contributed by atoms with Crippen molar-refractivity contribution in [2.75, 3.05) is 6.54 Å². The molecule has 0 aliphatic heterocycles. The number of hydrogen-bond acceptors (Lipinski definition) is 3. The van der Waals surface area contributed by atoms with Crippen molar-refractivity contribution in [3.05, 3.63) is 34.9 Å². The number of Topliss-reactive ketones (excluding diaryl/α,β-unsaturated/α-hetero) is 1. The number of aliphatic carboxylic acids is 1. The zero-order chi connectivity index (χ0) is 15.0. The molecular weight excluding hydrogens is 278 g/mol. The molecule has 0 aliphatic carbocycles. The Morgan fingerprint density at radius 2 is 1.90 bits per heavy atom. The number of carboxylic acid groups (broad SMARTS) is 1. The van der Waals surface area contributed by atoms with Crippen LogP contribution in [0.25, 0.3) is 0 Å². The molecule has 0 radical (unpaired) electrons. The van der Waals surface area contributed by atoms with Crippen LogP contribution in [0, 0.1) is 0 Å². The first kappa shape index (κ1) is 16.7. The van der Waals surface area contributed by atoms with E-state index in [1.807, 2.05) is 0 Å². The second-order valence-corrected chi connectivity index (χ2v) is 5.12. The van der Waals surface area contributed by atoms with Crippen LogP contribution in [0.1, 0.15) is 43.0 Å². The summed E-state index contributed by atoms with van der Waals surface area (Å²) in [7, 11) is 0. The lowest BCUT2D eigenvalue weighted by Crippen LogP contribution is -2.39. The van der Waals surface area contributed by atoms with Crippen LogP contribution in [0.2, 0.25) is 5.02 Å². The maximum absolute atomic E-state index is 12.3. The van der Waals surface area contributed by atoms with Crippen molar-refractivity contribution in [2.45, 2.75) is 38.6 Å². The summed E-state index contributed by atoms with van der Waals surface area (Å²) in [5, 5.41) is 12.5. The van der Waals surface area contributed by atoms with E-state index in [9.17, 15) is 9.59 Å². The minimum atomic E-state index is -0.986. The monoisotopic (exact) mass is 297 g/mol. The normalized spacial score (nSPS) is 12.1. The van der Waals surface area contributed by atoms with E-state index in [4.69, 9.17) is 16.7 Å². The summed E-state index contributed by atoms with van der Waals surface area (Å²) >= 11 is 5.78. The molecule has 110 valence electrons. The van der Waals surface area contributed by atoms with Gasteiger partial charge in [-0.05, 0) is 37.2 Å². The maximum atomic E-state index is 12.3. The highest BCUT2D eigenvalue weighted by atomic mass is 35.5. The number of benzene rings is 1. The van der Waals surface area contributed by atoms with Gasteiger partial charge in [-0.25, -0.2) is 0 Å². The first-order valence-corrected chi connectivity index (χ1v) is 7.17. The smallest absolute Gasteiger partial charge is 0.305 e. The molecule has 1 atom stereocenters. The van der Waals surface area contributed by atoms with Crippen molar-refractivity contribution in [1.29, 1.82) is 0 Å². The van der Waals surface area contributed by atoms with Crippen LogP contribution in [0.4, 0.5) is 0 Å². The zero-order valence-corrected chi connectivity index (χ0v) is 12.3. The number of unbranched alkanes of at least 4 members (excludes halogenated alkanes) is 2. The molecule has 0 saturated heterocycles. The number of ketones is 1. The van der Waals surface area contributed by atoms with Crippen molar-refractivity contribution in [3.63, 3.8) is 0 Å². The second kappa shape index (κ2) is 8.72. The zero-order valence-electron chi connectivity index (χ0n) is 11.6. The molecule has 0 spiro atoms. The van der Waals surface area contributed by atoms with Gasteiger partial charge < -0.3 is 10.4 Å². The molecule has 0 aromatic heterocycles. The highest BCUT2D eigenvalue weighted by Crippen LogP contribution is 2.12. The predicted molar refractivity (Wildman–Crippen MR) is 79.4 cm³/mol. The molecule has 4 nitrogen and oxygen atoms in total. The van der Waals surface area contributed by atoms with Gasteiger partial charge in [0.25, 0.3) is 0 Å². The summed E-state index contributed by atoms with van der Waals surface area (Å²) in [5.74, 6) is -1.19. The lowest BCUT2D eigenvalue weighted by molar-refractivity contribution is -0.137. The molecule has 0 saturated carbocycles. The molecular formula is C15H20ClNO3. The molecule has 0 amide bonds. The standard InChI is InChI=1S/C15H20ClNO3/c1-2-3-4-9-17-13(10-14(18)19)15(20)11-5-7-12(16)8-6-11/h5-8,13,17H,2-4,9-10H2,1H3,(H,18,19). The van der Waals surface area contributed by atoms with Crippen molar-refractivity contribution in [2.24, 2.45) is 0 Å². The molecule has 0 bridgehead atoms. The Kier molecular flexibility index (Phi) is 7.26. The van der Waals surface area contributed by atoms with Gasteiger partial charge in [-0.3, -0.25) is 9.59 Å². The molecule has 0 aliphatic rings. The molecule has 20 heavy (non-hydrogen) atoms. The van der Waals surface area contributed by atoms with Gasteiger partial charge >= 0.3 is 5.97 Å². The topological polar surface area (TPSA) is 66.4 Å². The summed E-state index contributed by atoms with van der Waals surface area (Å²) in [5.41, 5.74) is 0.476. The largest absolute Gasteiger partial charge is 0.481 e. The summed E-state index contributed by atoms with van der Waals surface area (Å²) in [4.78, 5) is 23.2. The SMILES string of the molecule is CCCCCNC(CC(=O)O)C(=O)c1ccc(Cl)cc1. The van der Waals surface area contributed by atoms with E-state index in [1.165, 1.54) is 0 Å². The van der Waals surface area contributed by atoms with Crippen LogP contribution in [0.5, 0.6) is 0 Å². The van der Waals surface area contributed by atoms with E-state index >= 15 is 0 Å². The third-order valence-electron chi connectivity index (χ3n) is 3.00. The van der Waals surface area contributed by atoms with E-state index in [0.29, 0.717) is 17.1 Å². The van der Waals surface area contributed by atoms with Crippen LogP contribution in [-0.4, -0.2) is 29.4 Å². The second-order valence-electron chi connectivity index (χ2n) is 4.68. The predicted octanol–water partition coefficient (Wildman–Crippen LogP) is 3.15. The Labute approximate surface area is 124 Å². The van der Waals surface area contributed by atoms with Crippen molar-refractivity contribution in [1.82, 2.24) is 5.32 Å². The fraction of sp³-hybridized carbons (Fsp3) is 0.467.